The number of halogens is 2. The Morgan fingerprint density at radius 1 is 1.15 bits per heavy atom. The van der Waals surface area contributed by atoms with Gasteiger partial charge in [0, 0.05) is 12.1 Å². The van der Waals surface area contributed by atoms with E-state index in [2.05, 4.69) is 5.32 Å². The summed E-state index contributed by atoms with van der Waals surface area (Å²) in [5, 5.41) is 22.8. The van der Waals surface area contributed by atoms with Crippen LogP contribution in [0.4, 0.5) is 19.3 Å². The van der Waals surface area contributed by atoms with Crippen LogP contribution >= 0.6 is 0 Å². The highest BCUT2D eigenvalue weighted by atomic mass is 19.2. The zero-order valence-corrected chi connectivity index (χ0v) is 14.8. The smallest absolute Gasteiger partial charge is 0.405 e. The average Bonchev–Trinajstić information content (AvgIpc) is 2.54. The van der Waals surface area contributed by atoms with Crippen LogP contribution in [-0.2, 0) is 0 Å². The quantitative estimate of drug-likeness (QED) is 0.560. The van der Waals surface area contributed by atoms with E-state index < -0.39 is 34.1 Å². The fraction of sp³-hybridized carbons (Fsp3) is 0.278. The van der Waals surface area contributed by atoms with Gasteiger partial charge < -0.3 is 15.2 Å². The first kappa shape index (κ1) is 20.1. The van der Waals surface area contributed by atoms with Crippen LogP contribution in [0.5, 0.6) is 11.5 Å². The standard InChI is InChI=1S/C18H18F2N2O5/c1-18(2,3)16(21-17(23)24)12-8-10(5-7-15(12)22(25)26)27-11-4-6-13(19)14(20)9-11/h4-9,16,21H,1-3H3,(H,23,24). The van der Waals surface area contributed by atoms with Crippen LogP contribution in [0.3, 0.4) is 0 Å². The highest BCUT2D eigenvalue weighted by Crippen LogP contribution is 2.39. The number of amides is 1. The van der Waals surface area contributed by atoms with Gasteiger partial charge >= 0.3 is 6.09 Å². The van der Waals surface area contributed by atoms with E-state index in [1.54, 1.807) is 20.8 Å². The van der Waals surface area contributed by atoms with Crippen molar-refractivity contribution in [1.82, 2.24) is 5.32 Å². The van der Waals surface area contributed by atoms with Crippen LogP contribution in [0.1, 0.15) is 32.4 Å². The Morgan fingerprint density at radius 3 is 2.26 bits per heavy atom. The van der Waals surface area contributed by atoms with E-state index in [-0.39, 0.29) is 22.7 Å². The number of rotatable bonds is 5. The molecule has 7 nitrogen and oxygen atoms in total. The van der Waals surface area contributed by atoms with E-state index in [1.807, 2.05) is 0 Å². The van der Waals surface area contributed by atoms with E-state index in [0.29, 0.717) is 0 Å². The highest BCUT2D eigenvalue weighted by Gasteiger charge is 2.33. The Hall–Kier alpha value is -3.23. The molecule has 144 valence electrons. The zero-order valence-electron chi connectivity index (χ0n) is 14.8. The maximum absolute atomic E-state index is 13.3. The van der Waals surface area contributed by atoms with Crippen LogP contribution in [0.15, 0.2) is 36.4 Å². The summed E-state index contributed by atoms with van der Waals surface area (Å²) in [6, 6.07) is 5.80. The number of carboxylic acid groups (broad SMARTS) is 1. The first-order chi connectivity index (χ1) is 12.5. The van der Waals surface area contributed by atoms with Gasteiger partial charge in [-0.25, -0.2) is 13.6 Å². The zero-order chi connectivity index (χ0) is 20.4. The van der Waals surface area contributed by atoms with E-state index in [4.69, 9.17) is 9.84 Å². The van der Waals surface area contributed by atoms with Gasteiger partial charge in [0.2, 0.25) is 0 Å². The fourth-order valence-corrected chi connectivity index (χ4v) is 2.55. The minimum absolute atomic E-state index is 0.00722. The second-order valence-electron chi connectivity index (χ2n) is 6.90. The van der Waals surface area contributed by atoms with Crippen molar-refractivity contribution in [2.45, 2.75) is 26.8 Å². The Morgan fingerprint density at radius 2 is 1.74 bits per heavy atom. The molecule has 0 saturated carbocycles. The van der Waals surface area contributed by atoms with E-state index in [1.165, 1.54) is 24.3 Å². The largest absolute Gasteiger partial charge is 0.465 e. The molecule has 2 aromatic rings. The van der Waals surface area contributed by atoms with Crippen LogP contribution in [0, 0.1) is 27.2 Å². The third-order valence-corrected chi connectivity index (χ3v) is 3.77. The van der Waals surface area contributed by atoms with E-state index in [9.17, 15) is 23.7 Å². The van der Waals surface area contributed by atoms with Crippen molar-refractivity contribution < 1.29 is 28.3 Å². The lowest BCUT2D eigenvalue weighted by Crippen LogP contribution is -2.36. The Balaban J connectivity index is 2.50. The van der Waals surface area contributed by atoms with Crippen LogP contribution in [0.2, 0.25) is 0 Å². The Labute approximate surface area is 153 Å². The summed E-state index contributed by atoms with van der Waals surface area (Å²) in [6.07, 6.45) is -1.34. The summed E-state index contributed by atoms with van der Waals surface area (Å²) in [5.74, 6) is -2.03. The number of benzene rings is 2. The number of nitro groups is 1. The molecule has 1 atom stereocenters. The highest BCUT2D eigenvalue weighted by molar-refractivity contribution is 5.66. The second-order valence-corrected chi connectivity index (χ2v) is 6.90. The van der Waals surface area contributed by atoms with Gasteiger partial charge in [0.1, 0.15) is 11.5 Å². The molecule has 9 heteroatoms. The normalized spacial score (nSPS) is 12.3. The summed E-state index contributed by atoms with van der Waals surface area (Å²) in [6.45, 7) is 5.17. The lowest BCUT2D eigenvalue weighted by molar-refractivity contribution is -0.386. The molecule has 0 aliphatic rings. The molecule has 0 fully saturated rings. The number of hydrogen-bond donors (Lipinski definition) is 2. The maximum atomic E-state index is 13.3. The predicted octanol–water partition coefficient (Wildman–Crippen LogP) is 5.02. The molecule has 0 aromatic heterocycles. The minimum atomic E-state index is -1.34. The van der Waals surface area contributed by atoms with Gasteiger partial charge in [-0.2, -0.15) is 0 Å². The summed E-state index contributed by atoms with van der Waals surface area (Å²) >= 11 is 0. The first-order valence-corrected chi connectivity index (χ1v) is 7.89. The topological polar surface area (TPSA) is 102 Å². The van der Waals surface area contributed by atoms with Crippen molar-refractivity contribution in [3.05, 3.63) is 63.7 Å². The molecule has 2 aromatic carbocycles. The van der Waals surface area contributed by atoms with Gasteiger partial charge in [0.05, 0.1) is 16.5 Å². The third-order valence-electron chi connectivity index (χ3n) is 3.77. The molecule has 27 heavy (non-hydrogen) atoms. The van der Waals surface area contributed by atoms with E-state index in [0.717, 1.165) is 12.1 Å². The molecule has 1 unspecified atom stereocenters. The molecule has 0 bridgehead atoms. The van der Waals surface area contributed by atoms with Gasteiger partial charge in [-0.1, -0.05) is 20.8 Å². The van der Waals surface area contributed by atoms with Gasteiger partial charge in [0.25, 0.3) is 5.69 Å². The van der Waals surface area contributed by atoms with Crippen molar-refractivity contribution in [2.75, 3.05) is 0 Å². The van der Waals surface area contributed by atoms with Crippen molar-refractivity contribution >= 4 is 11.8 Å². The van der Waals surface area contributed by atoms with Crippen LogP contribution in [-0.4, -0.2) is 16.1 Å². The molecule has 2 rings (SSSR count). The molecular formula is C18H18F2N2O5. The van der Waals surface area contributed by atoms with Gasteiger partial charge in [-0.05, 0) is 29.7 Å². The molecule has 0 saturated heterocycles. The first-order valence-electron chi connectivity index (χ1n) is 7.89. The van der Waals surface area contributed by atoms with Gasteiger partial charge in [0.15, 0.2) is 11.6 Å². The second kappa shape index (κ2) is 7.56. The average molecular weight is 380 g/mol. The Kier molecular flexibility index (Phi) is 5.63. The van der Waals surface area contributed by atoms with Crippen molar-refractivity contribution in [3.8, 4) is 11.5 Å². The Bertz CT molecular complexity index is 881. The molecule has 0 aliphatic carbocycles. The molecule has 2 N–H and O–H groups in total. The minimum Gasteiger partial charge on any atom is -0.465 e. The fourth-order valence-electron chi connectivity index (χ4n) is 2.55. The van der Waals surface area contributed by atoms with Gasteiger partial charge in [-0.15, -0.1) is 0 Å². The number of carbonyl (C=O) groups is 1. The number of nitrogens with one attached hydrogen (secondary N) is 1. The van der Waals surface area contributed by atoms with Crippen molar-refractivity contribution in [2.24, 2.45) is 5.41 Å². The summed E-state index contributed by atoms with van der Waals surface area (Å²) in [7, 11) is 0. The molecule has 0 spiro atoms. The number of ether oxygens (including phenoxy) is 1. The maximum Gasteiger partial charge on any atom is 0.405 e. The number of nitro benzene ring substituents is 1. The summed E-state index contributed by atoms with van der Waals surface area (Å²) in [4.78, 5) is 21.9. The summed E-state index contributed by atoms with van der Waals surface area (Å²) < 4.78 is 31.8. The monoisotopic (exact) mass is 380 g/mol. The predicted molar refractivity (Wildman–Crippen MR) is 92.9 cm³/mol. The van der Waals surface area contributed by atoms with E-state index >= 15 is 0 Å². The van der Waals surface area contributed by atoms with Crippen molar-refractivity contribution in [1.29, 1.82) is 0 Å². The molecule has 1 amide bonds. The number of hydrogen-bond acceptors (Lipinski definition) is 4. The molecular weight excluding hydrogens is 362 g/mol. The third kappa shape index (κ3) is 4.90. The summed E-state index contributed by atoms with van der Waals surface area (Å²) in [5.41, 5.74) is -0.889. The van der Waals surface area contributed by atoms with Crippen LogP contribution < -0.4 is 10.1 Å². The SMILES string of the molecule is CC(C)(C)C(NC(=O)O)c1cc(Oc2ccc(F)c(F)c2)ccc1[N+](=O)[O-]. The van der Waals surface area contributed by atoms with Crippen molar-refractivity contribution in [3.63, 3.8) is 0 Å². The lowest BCUT2D eigenvalue weighted by atomic mass is 9.81. The molecule has 0 heterocycles. The molecule has 0 radical (unpaired) electrons. The lowest BCUT2D eigenvalue weighted by Gasteiger charge is -2.30. The molecule has 0 aliphatic heterocycles. The van der Waals surface area contributed by atoms with Crippen LogP contribution in [0.25, 0.3) is 0 Å². The number of nitrogens with zero attached hydrogens (tertiary/aromatic N) is 1. The van der Waals surface area contributed by atoms with Gasteiger partial charge in [-0.3, -0.25) is 10.1 Å².